The van der Waals surface area contributed by atoms with Gasteiger partial charge in [-0.3, -0.25) is 4.79 Å². The number of ether oxygens (including phenoxy) is 3. The Morgan fingerprint density at radius 2 is 1.74 bits per heavy atom. The molecular formula is C20H22ClNO5. The van der Waals surface area contributed by atoms with Crippen LogP contribution in [0.25, 0.3) is 0 Å². The highest BCUT2D eigenvalue weighted by atomic mass is 35.5. The molecule has 6 nitrogen and oxygen atoms in total. The fourth-order valence-electron chi connectivity index (χ4n) is 2.16. The van der Waals surface area contributed by atoms with E-state index < -0.39 is 11.6 Å². The van der Waals surface area contributed by atoms with Gasteiger partial charge in [0, 0.05) is 11.3 Å². The van der Waals surface area contributed by atoms with Crippen molar-refractivity contribution in [2.75, 3.05) is 19.0 Å². The van der Waals surface area contributed by atoms with Crippen LogP contribution in [0.2, 0.25) is 5.02 Å². The van der Waals surface area contributed by atoms with Crippen molar-refractivity contribution in [1.29, 1.82) is 0 Å². The van der Waals surface area contributed by atoms with Gasteiger partial charge in [-0.05, 0) is 63.2 Å². The van der Waals surface area contributed by atoms with Crippen molar-refractivity contribution in [2.24, 2.45) is 0 Å². The van der Waals surface area contributed by atoms with Crippen LogP contribution in [0.3, 0.4) is 0 Å². The smallest absolute Gasteiger partial charge is 0.344 e. The molecule has 1 amide bonds. The van der Waals surface area contributed by atoms with Crippen LogP contribution in [0.15, 0.2) is 42.5 Å². The molecule has 0 spiro atoms. The second-order valence-electron chi connectivity index (χ2n) is 6.70. The van der Waals surface area contributed by atoms with E-state index in [9.17, 15) is 9.59 Å². The number of hydrogen-bond acceptors (Lipinski definition) is 5. The highest BCUT2D eigenvalue weighted by molar-refractivity contribution is 6.32. The number of methoxy groups -OCH3 is 1. The number of amides is 1. The van der Waals surface area contributed by atoms with E-state index >= 15 is 0 Å². The zero-order valence-electron chi connectivity index (χ0n) is 15.7. The maximum Gasteiger partial charge on any atom is 0.344 e. The molecule has 144 valence electrons. The third-order valence-corrected chi connectivity index (χ3v) is 3.60. The second kappa shape index (κ2) is 8.77. The van der Waals surface area contributed by atoms with Crippen LogP contribution in [-0.2, 0) is 9.53 Å². The molecule has 2 rings (SSSR count). The van der Waals surface area contributed by atoms with Gasteiger partial charge in [0.1, 0.15) is 17.1 Å². The SMILES string of the molecule is COc1ccc(NC(=O)c2ccc(OCC(=O)OC(C)(C)C)cc2)cc1Cl. The first kappa shape index (κ1) is 20.6. The summed E-state index contributed by atoms with van der Waals surface area (Å²) in [6.07, 6.45) is 0. The number of anilines is 1. The number of rotatable bonds is 6. The van der Waals surface area contributed by atoms with Crippen molar-refractivity contribution in [2.45, 2.75) is 26.4 Å². The minimum absolute atomic E-state index is 0.201. The Bertz CT molecular complexity index is 812. The Kier molecular flexibility index (Phi) is 6.69. The highest BCUT2D eigenvalue weighted by Gasteiger charge is 2.16. The molecule has 0 atom stereocenters. The molecule has 0 aromatic heterocycles. The second-order valence-corrected chi connectivity index (χ2v) is 7.11. The van der Waals surface area contributed by atoms with Crippen LogP contribution < -0.4 is 14.8 Å². The fourth-order valence-corrected chi connectivity index (χ4v) is 2.42. The highest BCUT2D eigenvalue weighted by Crippen LogP contribution is 2.27. The molecule has 0 aliphatic heterocycles. The Morgan fingerprint density at radius 1 is 1.07 bits per heavy atom. The summed E-state index contributed by atoms with van der Waals surface area (Å²) in [7, 11) is 1.52. The number of carbonyl (C=O) groups is 2. The summed E-state index contributed by atoms with van der Waals surface area (Å²) in [5.74, 6) is 0.238. The van der Waals surface area contributed by atoms with Crippen LogP contribution in [0.1, 0.15) is 31.1 Å². The third kappa shape index (κ3) is 6.49. The number of carbonyl (C=O) groups excluding carboxylic acids is 2. The lowest BCUT2D eigenvalue weighted by molar-refractivity contribution is -0.157. The van der Waals surface area contributed by atoms with Gasteiger partial charge in [0.05, 0.1) is 12.1 Å². The van der Waals surface area contributed by atoms with Gasteiger partial charge in [-0.1, -0.05) is 11.6 Å². The quantitative estimate of drug-likeness (QED) is 0.742. The van der Waals surface area contributed by atoms with Crippen molar-refractivity contribution in [3.8, 4) is 11.5 Å². The summed E-state index contributed by atoms with van der Waals surface area (Å²) in [6.45, 7) is 5.16. The monoisotopic (exact) mass is 391 g/mol. The van der Waals surface area contributed by atoms with Gasteiger partial charge in [-0.2, -0.15) is 0 Å². The van der Waals surface area contributed by atoms with Crippen LogP contribution in [0, 0.1) is 0 Å². The molecule has 1 N–H and O–H groups in total. The van der Waals surface area contributed by atoms with Gasteiger partial charge in [0.2, 0.25) is 0 Å². The molecule has 0 heterocycles. The topological polar surface area (TPSA) is 73.9 Å². The lowest BCUT2D eigenvalue weighted by Crippen LogP contribution is -2.27. The molecule has 0 radical (unpaired) electrons. The first-order chi connectivity index (χ1) is 12.7. The molecule has 0 aliphatic carbocycles. The fraction of sp³-hybridized carbons (Fsp3) is 0.300. The van der Waals surface area contributed by atoms with Crippen LogP contribution in [0.4, 0.5) is 5.69 Å². The van der Waals surface area contributed by atoms with Crippen molar-refractivity contribution in [1.82, 2.24) is 0 Å². The van der Waals surface area contributed by atoms with E-state index in [0.29, 0.717) is 27.8 Å². The molecule has 0 saturated heterocycles. The zero-order chi connectivity index (χ0) is 20.0. The molecule has 0 unspecified atom stereocenters. The van der Waals surface area contributed by atoms with Gasteiger partial charge in [-0.15, -0.1) is 0 Å². The van der Waals surface area contributed by atoms with Crippen LogP contribution in [-0.4, -0.2) is 31.2 Å². The third-order valence-electron chi connectivity index (χ3n) is 3.30. The molecule has 2 aromatic carbocycles. The van der Waals surface area contributed by atoms with Crippen LogP contribution in [0.5, 0.6) is 11.5 Å². The summed E-state index contributed by atoms with van der Waals surface area (Å²) in [6, 6.07) is 11.4. The number of halogens is 1. The zero-order valence-corrected chi connectivity index (χ0v) is 16.4. The number of esters is 1. The molecule has 0 fully saturated rings. The van der Waals surface area contributed by atoms with Crippen molar-refractivity contribution >= 4 is 29.2 Å². The van der Waals surface area contributed by atoms with E-state index in [0.717, 1.165) is 0 Å². The molecule has 27 heavy (non-hydrogen) atoms. The molecule has 0 bridgehead atoms. The average molecular weight is 392 g/mol. The van der Waals surface area contributed by atoms with Gasteiger partial charge < -0.3 is 19.5 Å². The predicted octanol–water partition coefficient (Wildman–Crippen LogP) is 4.32. The Labute approximate surface area is 163 Å². The van der Waals surface area contributed by atoms with Gasteiger partial charge in [0.15, 0.2) is 6.61 Å². The predicted molar refractivity (Wildman–Crippen MR) is 104 cm³/mol. The first-order valence-corrected chi connectivity index (χ1v) is 8.65. The largest absolute Gasteiger partial charge is 0.495 e. The minimum atomic E-state index is -0.563. The lowest BCUT2D eigenvalue weighted by atomic mass is 10.2. The number of benzene rings is 2. The summed E-state index contributed by atoms with van der Waals surface area (Å²) < 4.78 is 15.6. The Balaban J connectivity index is 1.93. The van der Waals surface area contributed by atoms with E-state index in [2.05, 4.69) is 5.32 Å². The minimum Gasteiger partial charge on any atom is -0.495 e. The van der Waals surface area contributed by atoms with Crippen molar-refractivity contribution < 1.29 is 23.8 Å². The van der Waals surface area contributed by atoms with E-state index in [-0.39, 0.29) is 12.5 Å². The summed E-state index contributed by atoms with van der Waals surface area (Å²) >= 11 is 6.05. The maximum atomic E-state index is 12.3. The Morgan fingerprint density at radius 3 is 2.30 bits per heavy atom. The molecule has 7 heteroatoms. The molecular weight excluding hydrogens is 370 g/mol. The van der Waals surface area contributed by atoms with Crippen molar-refractivity contribution in [3.05, 3.63) is 53.1 Å². The summed E-state index contributed by atoms with van der Waals surface area (Å²) in [5.41, 5.74) is 0.426. The van der Waals surface area contributed by atoms with E-state index in [1.807, 2.05) is 0 Å². The Hall–Kier alpha value is -2.73. The molecule has 0 aliphatic rings. The standard InChI is InChI=1S/C20H22ClNO5/c1-20(2,3)27-18(23)12-26-15-8-5-13(6-9-15)19(24)22-14-7-10-17(25-4)16(21)11-14/h5-11H,12H2,1-4H3,(H,22,24). The molecule has 2 aromatic rings. The summed E-state index contributed by atoms with van der Waals surface area (Å²) in [4.78, 5) is 24.0. The number of nitrogens with one attached hydrogen (secondary N) is 1. The van der Waals surface area contributed by atoms with Gasteiger partial charge in [0.25, 0.3) is 5.91 Å². The lowest BCUT2D eigenvalue weighted by Gasteiger charge is -2.19. The van der Waals surface area contributed by atoms with E-state index in [1.165, 1.54) is 7.11 Å². The first-order valence-electron chi connectivity index (χ1n) is 8.27. The van der Waals surface area contributed by atoms with Crippen molar-refractivity contribution in [3.63, 3.8) is 0 Å². The average Bonchev–Trinajstić information content (AvgIpc) is 2.59. The number of hydrogen-bond donors (Lipinski definition) is 1. The van der Waals surface area contributed by atoms with Crippen LogP contribution >= 0.6 is 11.6 Å². The van der Waals surface area contributed by atoms with Gasteiger partial charge in [-0.25, -0.2) is 4.79 Å². The summed E-state index contributed by atoms with van der Waals surface area (Å²) in [5, 5.41) is 3.16. The maximum absolute atomic E-state index is 12.3. The van der Waals surface area contributed by atoms with Gasteiger partial charge >= 0.3 is 5.97 Å². The normalized spacial score (nSPS) is 10.9. The molecule has 0 saturated carbocycles. The van der Waals surface area contributed by atoms with E-state index in [1.54, 1.807) is 63.2 Å². The van der Waals surface area contributed by atoms with E-state index in [4.69, 9.17) is 25.8 Å².